The quantitative estimate of drug-likeness (QED) is 0.879. The van der Waals surface area contributed by atoms with Gasteiger partial charge in [-0.25, -0.2) is 4.98 Å². The third-order valence-electron chi connectivity index (χ3n) is 2.54. The first-order chi connectivity index (χ1) is 9.19. The van der Waals surface area contributed by atoms with Crippen molar-refractivity contribution in [3.63, 3.8) is 0 Å². The van der Waals surface area contributed by atoms with E-state index in [2.05, 4.69) is 10.3 Å². The molecule has 0 saturated heterocycles. The summed E-state index contributed by atoms with van der Waals surface area (Å²) < 4.78 is 5.05. The van der Waals surface area contributed by atoms with Crippen LogP contribution in [-0.2, 0) is 11.3 Å². The van der Waals surface area contributed by atoms with Crippen LogP contribution in [0.25, 0.3) is 0 Å². The maximum Gasteiger partial charge on any atom is 0.257 e. The van der Waals surface area contributed by atoms with Crippen molar-refractivity contribution in [3.05, 3.63) is 53.7 Å². The average molecular weight is 257 g/mol. The highest BCUT2D eigenvalue weighted by atomic mass is 16.5. The number of carbonyl (C=O) groups is 1. The fourth-order valence-electron chi connectivity index (χ4n) is 1.65. The Bertz CT molecular complexity index is 567. The van der Waals surface area contributed by atoms with Gasteiger partial charge in [-0.2, -0.15) is 0 Å². The van der Waals surface area contributed by atoms with Crippen LogP contribution in [0.4, 0.5) is 11.5 Å². The summed E-state index contributed by atoms with van der Waals surface area (Å²) in [6.07, 6.45) is 1.45. The number of pyridine rings is 1. The number of anilines is 2. The number of nitrogens with zero attached hydrogens (tertiary/aromatic N) is 1. The molecule has 5 nitrogen and oxygen atoms in total. The summed E-state index contributed by atoms with van der Waals surface area (Å²) in [7, 11) is 1.63. The van der Waals surface area contributed by atoms with E-state index in [1.165, 1.54) is 6.20 Å². The lowest BCUT2D eigenvalue weighted by Crippen LogP contribution is -2.12. The van der Waals surface area contributed by atoms with Crippen molar-refractivity contribution >= 4 is 17.4 Å². The second-order valence-corrected chi connectivity index (χ2v) is 4.06. The summed E-state index contributed by atoms with van der Waals surface area (Å²) >= 11 is 0. The molecule has 0 saturated carbocycles. The number of aromatic nitrogens is 1. The Kier molecular flexibility index (Phi) is 4.10. The zero-order chi connectivity index (χ0) is 13.7. The van der Waals surface area contributed by atoms with Crippen molar-refractivity contribution in [2.24, 2.45) is 0 Å². The molecule has 0 aliphatic heterocycles. The summed E-state index contributed by atoms with van der Waals surface area (Å²) in [5.74, 6) is 0.167. The van der Waals surface area contributed by atoms with Gasteiger partial charge in [0.15, 0.2) is 0 Å². The van der Waals surface area contributed by atoms with Crippen LogP contribution in [0, 0.1) is 0 Å². The van der Waals surface area contributed by atoms with E-state index in [1.54, 1.807) is 19.2 Å². The largest absolute Gasteiger partial charge is 0.384 e. The van der Waals surface area contributed by atoms with E-state index in [4.69, 9.17) is 10.5 Å². The predicted molar refractivity (Wildman–Crippen MR) is 73.8 cm³/mol. The molecule has 1 aromatic heterocycles. The molecule has 0 atom stereocenters. The van der Waals surface area contributed by atoms with Gasteiger partial charge in [0.2, 0.25) is 0 Å². The first kappa shape index (κ1) is 13.0. The number of methoxy groups -OCH3 is 1. The van der Waals surface area contributed by atoms with Crippen LogP contribution in [-0.4, -0.2) is 18.0 Å². The Hall–Kier alpha value is -2.40. The Balaban J connectivity index is 2.10. The average Bonchev–Trinajstić information content (AvgIpc) is 2.40. The standard InChI is InChI=1S/C14H15N3O2/c1-19-9-10-3-2-4-12(7-10)17-14(18)11-5-6-13(15)16-8-11/h2-8H,9H2,1H3,(H2,15,16)(H,17,18). The van der Waals surface area contributed by atoms with Gasteiger partial charge in [-0.1, -0.05) is 12.1 Å². The van der Waals surface area contributed by atoms with Crippen molar-refractivity contribution in [2.45, 2.75) is 6.61 Å². The van der Waals surface area contributed by atoms with Crippen molar-refractivity contribution in [3.8, 4) is 0 Å². The van der Waals surface area contributed by atoms with Crippen LogP contribution in [0.1, 0.15) is 15.9 Å². The van der Waals surface area contributed by atoms with Gasteiger partial charge in [0.25, 0.3) is 5.91 Å². The predicted octanol–water partition coefficient (Wildman–Crippen LogP) is 2.06. The second kappa shape index (κ2) is 5.97. The number of ether oxygens (including phenoxy) is 1. The Labute approximate surface area is 111 Å². The zero-order valence-corrected chi connectivity index (χ0v) is 10.6. The monoisotopic (exact) mass is 257 g/mol. The number of hydrogen-bond acceptors (Lipinski definition) is 4. The smallest absolute Gasteiger partial charge is 0.257 e. The number of nitrogens with one attached hydrogen (secondary N) is 1. The zero-order valence-electron chi connectivity index (χ0n) is 10.6. The number of carbonyl (C=O) groups excluding carboxylic acids is 1. The highest BCUT2D eigenvalue weighted by molar-refractivity contribution is 6.04. The Morgan fingerprint density at radius 1 is 1.37 bits per heavy atom. The van der Waals surface area contributed by atoms with Gasteiger partial charge in [0.1, 0.15) is 5.82 Å². The summed E-state index contributed by atoms with van der Waals surface area (Å²) in [5.41, 5.74) is 7.65. The summed E-state index contributed by atoms with van der Waals surface area (Å²) in [6.45, 7) is 0.507. The fraction of sp³-hybridized carbons (Fsp3) is 0.143. The van der Waals surface area contributed by atoms with Crippen molar-refractivity contribution in [1.29, 1.82) is 0 Å². The lowest BCUT2D eigenvalue weighted by atomic mass is 10.2. The third kappa shape index (κ3) is 3.53. The van der Waals surface area contributed by atoms with E-state index in [1.807, 2.05) is 24.3 Å². The first-order valence-corrected chi connectivity index (χ1v) is 5.80. The van der Waals surface area contributed by atoms with E-state index in [9.17, 15) is 4.79 Å². The van der Waals surface area contributed by atoms with Crippen LogP contribution in [0.5, 0.6) is 0 Å². The van der Waals surface area contributed by atoms with E-state index < -0.39 is 0 Å². The molecular weight excluding hydrogens is 242 g/mol. The molecule has 0 aliphatic rings. The number of nitrogen functional groups attached to an aromatic ring is 1. The van der Waals surface area contributed by atoms with Gasteiger partial charge in [0.05, 0.1) is 12.2 Å². The molecule has 0 aliphatic carbocycles. The summed E-state index contributed by atoms with van der Waals surface area (Å²) in [5, 5.41) is 2.80. The van der Waals surface area contributed by atoms with Gasteiger partial charge in [-0.3, -0.25) is 4.79 Å². The molecule has 3 N–H and O–H groups in total. The number of hydrogen-bond donors (Lipinski definition) is 2. The lowest BCUT2D eigenvalue weighted by Gasteiger charge is -2.07. The highest BCUT2D eigenvalue weighted by Gasteiger charge is 2.06. The molecule has 0 fully saturated rings. The van der Waals surface area contributed by atoms with Gasteiger partial charge in [-0.05, 0) is 29.8 Å². The maximum absolute atomic E-state index is 12.0. The van der Waals surface area contributed by atoms with E-state index in [0.29, 0.717) is 18.0 Å². The Morgan fingerprint density at radius 2 is 2.21 bits per heavy atom. The van der Waals surface area contributed by atoms with Gasteiger partial charge in [0, 0.05) is 19.0 Å². The molecule has 0 spiro atoms. The molecule has 98 valence electrons. The molecule has 2 rings (SSSR count). The molecule has 0 radical (unpaired) electrons. The maximum atomic E-state index is 12.0. The first-order valence-electron chi connectivity index (χ1n) is 5.80. The topological polar surface area (TPSA) is 77.2 Å². The molecular formula is C14H15N3O2. The van der Waals surface area contributed by atoms with Crippen molar-refractivity contribution in [2.75, 3.05) is 18.2 Å². The minimum absolute atomic E-state index is 0.220. The SMILES string of the molecule is COCc1cccc(NC(=O)c2ccc(N)nc2)c1. The number of nitrogens with two attached hydrogens (primary N) is 1. The fourth-order valence-corrected chi connectivity index (χ4v) is 1.65. The van der Waals surface area contributed by atoms with Gasteiger partial charge < -0.3 is 15.8 Å². The lowest BCUT2D eigenvalue weighted by molar-refractivity contribution is 0.102. The minimum atomic E-state index is -0.220. The normalized spacial score (nSPS) is 10.2. The molecule has 1 amide bonds. The van der Waals surface area contributed by atoms with Crippen LogP contribution in [0.2, 0.25) is 0 Å². The van der Waals surface area contributed by atoms with Crippen molar-refractivity contribution < 1.29 is 9.53 Å². The molecule has 0 unspecified atom stereocenters. The molecule has 1 aromatic carbocycles. The second-order valence-electron chi connectivity index (χ2n) is 4.06. The minimum Gasteiger partial charge on any atom is -0.384 e. The van der Waals surface area contributed by atoms with Crippen LogP contribution >= 0.6 is 0 Å². The van der Waals surface area contributed by atoms with E-state index in [0.717, 1.165) is 11.3 Å². The van der Waals surface area contributed by atoms with Crippen LogP contribution in [0.3, 0.4) is 0 Å². The number of amides is 1. The molecule has 5 heteroatoms. The number of rotatable bonds is 4. The van der Waals surface area contributed by atoms with E-state index >= 15 is 0 Å². The highest BCUT2D eigenvalue weighted by Crippen LogP contribution is 2.13. The van der Waals surface area contributed by atoms with E-state index in [-0.39, 0.29) is 5.91 Å². The molecule has 1 heterocycles. The van der Waals surface area contributed by atoms with Crippen LogP contribution in [0.15, 0.2) is 42.6 Å². The van der Waals surface area contributed by atoms with Crippen LogP contribution < -0.4 is 11.1 Å². The molecule has 0 bridgehead atoms. The summed E-state index contributed by atoms with van der Waals surface area (Å²) in [4.78, 5) is 15.9. The number of benzene rings is 1. The summed E-state index contributed by atoms with van der Waals surface area (Å²) in [6, 6.07) is 10.7. The van der Waals surface area contributed by atoms with Crippen molar-refractivity contribution in [1.82, 2.24) is 4.98 Å². The molecule has 19 heavy (non-hydrogen) atoms. The van der Waals surface area contributed by atoms with Gasteiger partial charge >= 0.3 is 0 Å². The third-order valence-corrected chi connectivity index (χ3v) is 2.54. The Morgan fingerprint density at radius 3 is 2.89 bits per heavy atom. The molecule has 2 aromatic rings. The van der Waals surface area contributed by atoms with Gasteiger partial charge in [-0.15, -0.1) is 0 Å².